The van der Waals surface area contributed by atoms with Crippen LogP contribution in [0.5, 0.6) is 0 Å². The maximum absolute atomic E-state index is 13.1. The summed E-state index contributed by atoms with van der Waals surface area (Å²) in [6, 6.07) is 9.77. The molecule has 0 aliphatic rings. The van der Waals surface area contributed by atoms with Gasteiger partial charge in [-0.25, -0.2) is 0 Å². The summed E-state index contributed by atoms with van der Waals surface area (Å²) in [7, 11) is 0. The van der Waals surface area contributed by atoms with Crippen molar-refractivity contribution in [2.24, 2.45) is 11.5 Å². The van der Waals surface area contributed by atoms with Crippen LogP contribution in [-0.4, -0.2) is 132 Å². The number of halogens is 1. The van der Waals surface area contributed by atoms with E-state index in [1.54, 1.807) is 31.2 Å². The van der Waals surface area contributed by atoms with Crippen LogP contribution in [0.25, 0.3) is 0 Å². The standard InChI is InChI=1S/C35H50IN7O11/c1-23(37)18-30(44)39-6-10-51-14-16-53-12-8-41-32(46)25-19-26(21-28(20-25)43-34(48)24-2-4-27(36)5-3-24)33(47)42-9-13-54-17-15-52-11-7-40-31(45)22-29(38)35(49)50/h2-5,19-21,23,29H,6-18,22,37-38H2,1H3,(H,39,44)(H,40,45)(H,41,46)(H,42,47)(H,43,48)(H,49,50)/t23-,29+/m1/s1. The first-order chi connectivity index (χ1) is 25.8. The highest BCUT2D eigenvalue weighted by molar-refractivity contribution is 14.1. The molecule has 2 aromatic carbocycles. The zero-order valence-corrected chi connectivity index (χ0v) is 32.3. The summed E-state index contributed by atoms with van der Waals surface area (Å²) in [6.45, 7) is 4.46. The number of rotatable bonds is 27. The minimum atomic E-state index is -1.27. The monoisotopic (exact) mass is 871 g/mol. The molecule has 0 spiro atoms. The van der Waals surface area contributed by atoms with Crippen molar-refractivity contribution in [2.75, 3.05) is 84.4 Å². The maximum Gasteiger partial charge on any atom is 0.321 e. The molecule has 18 nitrogen and oxygen atoms in total. The Morgan fingerprint density at radius 3 is 1.46 bits per heavy atom. The summed E-state index contributed by atoms with van der Waals surface area (Å²) in [5.41, 5.74) is 11.8. The van der Waals surface area contributed by atoms with Gasteiger partial charge in [0.2, 0.25) is 11.8 Å². The van der Waals surface area contributed by atoms with Crippen LogP contribution >= 0.6 is 22.6 Å². The highest BCUT2D eigenvalue weighted by Crippen LogP contribution is 2.17. The number of anilines is 1. The molecule has 0 aromatic heterocycles. The van der Waals surface area contributed by atoms with Gasteiger partial charge >= 0.3 is 5.97 Å². The van der Waals surface area contributed by atoms with Crippen molar-refractivity contribution in [2.45, 2.75) is 31.8 Å². The lowest BCUT2D eigenvalue weighted by Gasteiger charge is -2.13. The molecule has 0 bridgehead atoms. The predicted molar refractivity (Wildman–Crippen MR) is 206 cm³/mol. The van der Waals surface area contributed by atoms with Crippen molar-refractivity contribution in [3.63, 3.8) is 0 Å². The molecule has 19 heteroatoms. The number of carbonyl (C=O) groups excluding carboxylic acids is 5. The van der Waals surface area contributed by atoms with E-state index in [9.17, 15) is 28.8 Å². The van der Waals surface area contributed by atoms with E-state index >= 15 is 0 Å². The minimum absolute atomic E-state index is 0.136. The van der Waals surface area contributed by atoms with Gasteiger partial charge in [0.25, 0.3) is 17.7 Å². The molecule has 2 atom stereocenters. The van der Waals surface area contributed by atoms with E-state index in [2.05, 4.69) is 49.2 Å². The summed E-state index contributed by atoms with van der Waals surface area (Å²) in [6.07, 6.45) is -0.0889. The van der Waals surface area contributed by atoms with E-state index in [1.165, 1.54) is 18.2 Å². The Balaban J connectivity index is 1.80. The quantitative estimate of drug-likeness (QED) is 0.0429. The molecule has 5 amide bonds. The fourth-order valence-corrected chi connectivity index (χ4v) is 4.70. The smallest absolute Gasteiger partial charge is 0.321 e. The number of benzene rings is 2. The number of aliphatic carboxylic acids is 1. The average Bonchev–Trinajstić information content (AvgIpc) is 3.12. The zero-order valence-electron chi connectivity index (χ0n) is 30.2. The fourth-order valence-electron chi connectivity index (χ4n) is 4.34. The molecule has 0 aliphatic heterocycles. The van der Waals surface area contributed by atoms with E-state index < -0.39 is 35.6 Å². The van der Waals surface area contributed by atoms with Crippen molar-refractivity contribution >= 4 is 63.8 Å². The van der Waals surface area contributed by atoms with Gasteiger partial charge in [0, 0.05) is 64.6 Å². The van der Waals surface area contributed by atoms with E-state index in [4.69, 9.17) is 35.5 Å². The number of carboxylic acid groups (broad SMARTS) is 1. The van der Waals surface area contributed by atoms with E-state index in [0.29, 0.717) is 25.3 Å². The van der Waals surface area contributed by atoms with Gasteiger partial charge in [0.05, 0.1) is 59.3 Å². The van der Waals surface area contributed by atoms with Gasteiger partial charge in [-0.3, -0.25) is 28.8 Å². The van der Waals surface area contributed by atoms with Gasteiger partial charge in [0.15, 0.2) is 0 Å². The van der Waals surface area contributed by atoms with E-state index in [0.717, 1.165) is 3.57 Å². The number of nitrogens with two attached hydrogens (primary N) is 2. The molecule has 0 unspecified atom stereocenters. The first-order valence-electron chi connectivity index (χ1n) is 17.2. The Hall–Kier alpha value is -4.25. The van der Waals surface area contributed by atoms with E-state index in [-0.39, 0.29) is 101 Å². The lowest BCUT2D eigenvalue weighted by atomic mass is 10.1. The first-order valence-corrected chi connectivity index (χ1v) is 18.3. The second-order valence-corrected chi connectivity index (χ2v) is 13.0. The Bertz CT molecular complexity index is 1510. The SMILES string of the molecule is C[C@@H](N)CC(=O)NCCOCCOCCNC(=O)c1cc(NC(=O)c2ccc(I)cc2)cc(C(=O)NCCOCCOCCNC(=O)C[C@H](N)C(=O)O)c1. The molecule has 0 radical (unpaired) electrons. The lowest BCUT2D eigenvalue weighted by molar-refractivity contribution is -0.140. The summed E-state index contributed by atoms with van der Waals surface area (Å²) in [5.74, 6) is -3.29. The van der Waals surface area contributed by atoms with Gasteiger partial charge < -0.3 is 62.1 Å². The molecule has 0 saturated heterocycles. The van der Waals surface area contributed by atoms with Crippen LogP contribution in [0.4, 0.5) is 5.69 Å². The molecule has 10 N–H and O–H groups in total. The third-order valence-corrected chi connectivity index (χ3v) is 7.72. The topological polar surface area (TPSA) is 272 Å². The highest BCUT2D eigenvalue weighted by Gasteiger charge is 2.17. The molecule has 54 heavy (non-hydrogen) atoms. The van der Waals surface area contributed by atoms with Crippen molar-refractivity contribution in [3.05, 3.63) is 62.7 Å². The summed E-state index contributed by atoms with van der Waals surface area (Å²) >= 11 is 2.13. The average molecular weight is 872 g/mol. The van der Waals surface area contributed by atoms with Crippen LogP contribution in [0.3, 0.4) is 0 Å². The van der Waals surface area contributed by atoms with Crippen molar-refractivity contribution in [3.8, 4) is 0 Å². The molecule has 298 valence electrons. The Morgan fingerprint density at radius 1 is 0.611 bits per heavy atom. The van der Waals surface area contributed by atoms with Crippen LogP contribution in [0, 0.1) is 3.57 Å². The molecule has 0 aliphatic carbocycles. The fraction of sp³-hybridized carbons (Fsp3) is 0.486. The highest BCUT2D eigenvalue weighted by atomic mass is 127. The molecular weight excluding hydrogens is 821 g/mol. The lowest BCUT2D eigenvalue weighted by Crippen LogP contribution is -2.38. The largest absolute Gasteiger partial charge is 0.480 e. The van der Waals surface area contributed by atoms with Gasteiger partial charge in [-0.1, -0.05) is 0 Å². The first kappa shape index (κ1) is 45.9. The number of carboxylic acids is 1. The summed E-state index contributed by atoms with van der Waals surface area (Å²) < 4.78 is 22.7. The Kier molecular flexibility index (Phi) is 22.5. The number of nitrogens with one attached hydrogen (secondary N) is 5. The van der Waals surface area contributed by atoms with Crippen LogP contribution in [0.2, 0.25) is 0 Å². The van der Waals surface area contributed by atoms with Crippen LogP contribution in [0.1, 0.15) is 50.8 Å². The van der Waals surface area contributed by atoms with Crippen LogP contribution < -0.4 is 38.1 Å². The third-order valence-electron chi connectivity index (χ3n) is 7.00. The van der Waals surface area contributed by atoms with Gasteiger partial charge in [-0.05, 0) is 72.0 Å². The number of hydrogen-bond donors (Lipinski definition) is 8. The Labute approximate surface area is 327 Å². The van der Waals surface area contributed by atoms with Crippen LogP contribution in [0.15, 0.2) is 42.5 Å². The molecule has 2 aromatic rings. The summed E-state index contributed by atoms with van der Waals surface area (Å²) in [5, 5.41) is 22.2. The van der Waals surface area contributed by atoms with Crippen molar-refractivity contribution < 1.29 is 52.8 Å². The number of carbonyl (C=O) groups is 6. The van der Waals surface area contributed by atoms with Crippen molar-refractivity contribution in [1.29, 1.82) is 0 Å². The zero-order chi connectivity index (χ0) is 39.7. The molecule has 2 rings (SSSR count). The third kappa shape index (κ3) is 20.3. The van der Waals surface area contributed by atoms with Gasteiger partial charge in [-0.15, -0.1) is 0 Å². The van der Waals surface area contributed by atoms with Gasteiger partial charge in [-0.2, -0.15) is 0 Å². The minimum Gasteiger partial charge on any atom is -0.480 e. The molecular formula is C35H50IN7O11. The second-order valence-electron chi connectivity index (χ2n) is 11.8. The number of hydrogen-bond acceptors (Lipinski definition) is 12. The van der Waals surface area contributed by atoms with Crippen LogP contribution in [-0.2, 0) is 33.3 Å². The second kappa shape index (κ2) is 26.5. The molecule has 0 heterocycles. The predicted octanol–water partition coefficient (Wildman–Crippen LogP) is -0.159. The number of amides is 5. The maximum atomic E-state index is 13.1. The normalized spacial score (nSPS) is 11.9. The summed E-state index contributed by atoms with van der Waals surface area (Å²) in [4.78, 5) is 73.0. The Morgan fingerprint density at radius 2 is 1.04 bits per heavy atom. The van der Waals surface area contributed by atoms with Crippen molar-refractivity contribution in [1.82, 2.24) is 21.3 Å². The van der Waals surface area contributed by atoms with Gasteiger partial charge in [0.1, 0.15) is 6.04 Å². The molecule has 0 fully saturated rings. The number of ether oxygens (including phenoxy) is 4. The molecule has 0 saturated carbocycles. The van der Waals surface area contributed by atoms with E-state index in [1.807, 2.05) is 0 Å².